The van der Waals surface area contributed by atoms with E-state index in [4.69, 9.17) is 13.9 Å². The molecule has 5 rings (SSSR count). The number of nitrogens with zero attached hydrogens (tertiary/aromatic N) is 3. The van der Waals surface area contributed by atoms with E-state index in [2.05, 4.69) is 34.0 Å². The summed E-state index contributed by atoms with van der Waals surface area (Å²) in [6.45, 7) is 5.88. The Balaban J connectivity index is 1.25. The van der Waals surface area contributed by atoms with Gasteiger partial charge in [-0.25, -0.2) is 9.97 Å². The molecule has 0 spiro atoms. The van der Waals surface area contributed by atoms with E-state index >= 15 is 0 Å². The second-order valence-electron chi connectivity index (χ2n) is 8.31. The van der Waals surface area contributed by atoms with Gasteiger partial charge in [0.15, 0.2) is 11.5 Å². The summed E-state index contributed by atoms with van der Waals surface area (Å²) in [6, 6.07) is 2.52. The minimum Gasteiger partial charge on any atom is -0.486 e. The number of carbonyl (C=O) groups excluding carboxylic acids is 1. The normalized spacial score (nSPS) is 25.6. The number of oxazole rings is 1. The number of aromatic nitrogens is 2. The summed E-state index contributed by atoms with van der Waals surface area (Å²) in [5.74, 6) is 3.00. The summed E-state index contributed by atoms with van der Waals surface area (Å²) in [5, 5.41) is 3.18. The van der Waals surface area contributed by atoms with Crippen LogP contribution in [0.4, 0.5) is 0 Å². The van der Waals surface area contributed by atoms with Gasteiger partial charge in [0.2, 0.25) is 5.89 Å². The monoisotopic (exact) mass is 398 g/mol. The molecule has 8 heteroatoms. The summed E-state index contributed by atoms with van der Waals surface area (Å²) >= 11 is 0. The summed E-state index contributed by atoms with van der Waals surface area (Å²) in [4.78, 5) is 23.9. The molecule has 0 unspecified atom stereocenters. The number of fused-ring (bicyclic) bond motifs is 3. The molecule has 2 bridgehead atoms. The van der Waals surface area contributed by atoms with Gasteiger partial charge in [-0.05, 0) is 19.3 Å². The zero-order valence-electron chi connectivity index (χ0n) is 16.8. The fourth-order valence-corrected chi connectivity index (χ4v) is 4.64. The van der Waals surface area contributed by atoms with Crippen LogP contribution in [0.5, 0.6) is 11.5 Å². The van der Waals surface area contributed by atoms with Crippen LogP contribution in [-0.4, -0.2) is 52.1 Å². The van der Waals surface area contributed by atoms with Crippen LogP contribution >= 0.6 is 0 Å². The van der Waals surface area contributed by atoms with E-state index in [1.54, 1.807) is 12.3 Å². The van der Waals surface area contributed by atoms with E-state index in [1.165, 1.54) is 0 Å². The quantitative estimate of drug-likeness (QED) is 0.828. The standard InChI is InChI=1S/C21H26N4O4/c1-12(2)18-9-23-20(29-18)11-25-13-3-4-16(25)14(7-13)24-21(26)15-8-17-19(10-22-15)28-6-5-27-17/h8-10,12-14,16H,3-7,11H2,1-2H3,(H,24,26)/t13-,14+,16+/m1/s1. The second-order valence-corrected chi connectivity index (χ2v) is 8.31. The minimum atomic E-state index is -0.169. The maximum atomic E-state index is 12.8. The van der Waals surface area contributed by atoms with Crippen molar-refractivity contribution in [3.8, 4) is 11.5 Å². The lowest BCUT2D eigenvalue weighted by atomic mass is 9.95. The molecule has 3 aliphatic heterocycles. The maximum Gasteiger partial charge on any atom is 0.270 e. The van der Waals surface area contributed by atoms with E-state index in [1.807, 2.05) is 6.20 Å². The molecule has 0 aromatic carbocycles. The molecular weight excluding hydrogens is 372 g/mol. The molecule has 0 saturated carbocycles. The molecule has 2 aromatic heterocycles. The Morgan fingerprint density at radius 3 is 2.83 bits per heavy atom. The molecule has 2 aromatic rings. The van der Waals surface area contributed by atoms with E-state index in [0.717, 1.165) is 30.9 Å². The Bertz CT molecular complexity index is 912. The van der Waals surface area contributed by atoms with Gasteiger partial charge in [-0.1, -0.05) is 13.8 Å². The van der Waals surface area contributed by atoms with Crippen molar-refractivity contribution in [2.75, 3.05) is 13.2 Å². The van der Waals surface area contributed by atoms with Crippen LogP contribution in [0.3, 0.4) is 0 Å². The third kappa shape index (κ3) is 3.46. The largest absolute Gasteiger partial charge is 0.486 e. The van der Waals surface area contributed by atoms with Crippen molar-refractivity contribution < 1.29 is 18.7 Å². The van der Waals surface area contributed by atoms with Crippen molar-refractivity contribution in [3.05, 3.63) is 35.8 Å². The molecule has 3 aliphatic rings. The first-order chi connectivity index (χ1) is 14.1. The Morgan fingerprint density at radius 2 is 2.03 bits per heavy atom. The molecular formula is C21H26N4O4. The first-order valence-corrected chi connectivity index (χ1v) is 10.4. The van der Waals surface area contributed by atoms with Crippen LogP contribution in [0.15, 0.2) is 22.9 Å². The van der Waals surface area contributed by atoms with Crippen LogP contribution in [0.25, 0.3) is 0 Å². The number of nitrogens with one attached hydrogen (secondary N) is 1. The molecule has 154 valence electrons. The number of pyridine rings is 1. The van der Waals surface area contributed by atoms with Gasteiger partial charge < -0.3 is 19.2 Å². The van der Waals surface area contributed by atoms with E-state index in [0.29, 0.717) is 55.0 Å². The molecule has 3 atom stereocenters. The van der Waals surface area contributed by atoms with E-state index in [-0.39, 0.29) is 11.9 Å². The first-order valence-electron chi connectivity index (χ1n) is 10.4. The second kappa shape index (κ2) is 7.33. The van der Waals surface area contributed by atoms with Crippen LogP contribution in [0.1, 0.15) is 61.2 Å². The Hall–Kier alpha value is -2.61. The highest BCUT2D eigenvalue weighted by atomic mass is 16.6. The topological polar surface area (TPSA) is 89.7 Å². The zero-order chi connectivity index (χ0) is 20.0. The number of hydrogen-bond acceptors (Lipinski definition) is 7. The number of rotatable bonds is 5. The maximum absolute atomic E-state index is 12.8. The van der Waals surface area contributed by atoms with Crippen molar-refractivity contribution in [3.63, 3.8) is 0 Å². The third-order valence-electron chi connectivity index (χ3n) is 6.12. The molecule has 2 saturated heterocycles. The summed E-state index contributed by atoms with van der Waals surface area (Å²) in [6.07, 6.45) is 6.55. The molecule has 0 radical (unpaired) electrons. The van der Waals surface area contributed by atoms with Gasteiger partial charge in [-0.2, -0.15) is 0 Å². The molecule has 1 N–H and O–H groups in total. The average Bonchev–Trinajstić information content (AvgIpc) is 3.43. The molecule has 2 fully saturated rings. The van der Waals surface area contributed by atoms with Crippen LogP contribution in [-0.2, 0) is 6.54 Å². The summed E-state index contributed by atoms with van der Waals surface area (Å²) in [5.41, 5.74) is 0.359. The number of amides is 1. The van der Waals surface area contributed by atoms with Gasteiger partial charge in [0.25, 0.3) is 5.91 Å². The highest BCUT2D eigenvalue weighted by Crippen LogP contribution is 2.39. The highest BCUT2D eigenvalue weighted by Gasteiger charge is 2.47. The van der Waals surface area contributed by atoms with E-state index < -0.39 is 0 Å². The lowest BCUT2D eigenvalue weighted by Gasteiger charge is -2.24. The zero-order valence-corrected chi connectivity index (χ0v) is 16.8. The Morgan fingerprint density at radius 1 is 1.21 bits per heavy atom. The predicted octanol–water partition coefficient (Wildman–Crippen LogP) is 2.50. The van der Waals surface area contributed by atoms with Crippen molar-refractivity contribution in [2.45, 2.75) is 63.7 Å². The molecule has 0 aliphatic carbocycles. The average molecular weight is 398 g/mol. The van der Waals surface area contributed by atoms with Crippen molar-refractivity contribution in [1.82, 2.24) is 20.2 Å². The van der Waals surface area contributed by atoms with Gasteiger partial charge in [0.1, 0.15) is 24.7 Å². The van der Waals surface area contributed by atoms with E-state index in [9.17, 15) is 4.79 Å². The van der Waals surface area contributed by atoms with Gasteiger partial charge in [-0.3, -0.25) is 9.69 Å². The third-order valence-corrected chi connectivity index (χ3v) is 6.12. The number of hydrogen-bond donors (Lipinski definition) is 1. The Kier molecular flexibility index (Phi) is 4.66. The van der Waals surface area contributed by atoms with Crippen LogP contribution < -0.4 is 14.8 Å². The fraction of sp³-hybridized carbons (Fsp3) is 0.571. The lowest BCUT2D eigenvalue weighted by molar-refractivity contribution is 0.0917. The smallest absolute Gasteiger partial charge is 0.270 e. The fourth-order valence-electron chi connectivity index (χ4n) is 4.64. The van der Waals surface area contributed by atoms with Crippen molar-refractivity contribution in [2.24, 2.45) is 0 Å². The molecule has 8 nitrogen and oxygen atoms in total. The van der Waals surface area contributed by atoms with Gasteiger partial charge in [0, 0.05) is 30.1 Å². The minimum absolute atomic E-state index is 0.107. The van der Waals surface area contributed by atoms with Crippen LogP contribution in [0, 0.1) is 0 Å². The SMILES string of the molecule is CC(C)c1cnc(CN2[C@@H]3CC[C@H]2[C@@H](NC(=O)c2cc4c(cn2)OCCO4)C3)o1. The van der Waals surface area contributed by atoms with Gasteiger partial charge in [-0.15, -0.1) is 0 Å². The van der Waals surface area contributed by atoms with Crippen LogP contribution in [0.2, 0.25) is 0 Å². The number of ether oxygens (including phenoxy) is 2. The highest BCUT2D eigenvalue weighted by molar-refractivity contribution is 5.93. The number of carbonyl (C=O) groups is 1. The summed E-state index contributed by atoms with van der Waals surface area (Å²) in [7, 11) is 0. The van der Waals surface area contributed by atoms with Gasteiger partial charge in [0.05, 0.1) is 18.9 Å². The summed E-state index contributed by atoms with van der Waals surface area (Å²) < 4.78 is 16.9. The molecule has 1 amide bonds. The van der Waals surface area contributed by atoms with Crippen molar-refractivity contribution >= 4 is 5.91 Å². The molecule has 5 heterocycles. The van der Waals surface area contributed by atoms with Crippen molar-refractivity contribution in [1.29, 1.82) is 0 Å². The predicted molar refractivity (Wildman–Crippen MR) is 104 cm³/mol. The Labute approximate surface area is 169 Å². The lowest BCUT2D eigenvalue weighted by Crippen LogP contribution is -2.44. The molecule has 29 heavy (non-hydrogen) atoms. The first kappa shape index (κ1) is 18.4. The van der Waals surface area contributed by atoms with Gasteiger partial charge >= 0.3 is 0 Å².